The molecule has 2 amide bonds. The van der Waals surface area contributed by atoms with Gasteiger partial charge in [0, 0.05) is 12.5 Å². The second kappa shape index (κ2) is 5.05. The highest BCUT2D eigenvalue weighted by Gasteiger charge is 2.22. The molecule has 6 heteroatoms. The number of para-hydroxylation sites is 1. The fourth-order valence-electron chi connectivity index (χ4n) is 1.36. The standard InChI is InChI=1S/C12H10N2O3S/c1-7(15)13-12-14-11(17)10(18-12)6-8-4-2-3-5-9(8)16/h2-6,16H,1H3,(H,13,14,15,17)/b10-6-. The predicted octanol–water partition coefficient (Wildman–Crippen LogP) is 1.50. The lowest BCUT2D eigenvalue weighted by Gasteiger charge is -2.00. The molecule has 1 aliphatic heterocycles. The predicted molar refractivity (Wildman–Crippen MR) is 69.9 cm³/mol. The van der Waals surface area contributed by atoms with Crippen LogP contribution in [0.3, 0.4) is 0 Å². The molecular formula is C12H10N2O3S. The van der Waals surface area contributed by atoms with Crippen LogP contribution in [0.5, 0.6) is 5.75 Å². The maximum Gasteiger partial charge on any atom is 0.286 e. The molecule has 0 unspecified atom stereocenters. The van der Waals surface area contributed by atoms with Crippen LogP contribution in [0.1, 0.15) is 12.5 Å². The summed E-state index contributed by atoms with van der Waals surface area (Å²) in [5, 5.41) is 12.3. The van der Waals surface area contributed by atoms with Gasteiger partial charge in [0.05, 0.1) is 4.91 Å². The Kier molecular flexibility index (Phi) is 3.47. The SMILES string of the molecule is CC(=O)NC1=NC(=O)/C(=C/c2ccccc2O)S1. The van der Waals surface area contributed by atoms with E-state index in [-0.39, 0.29) is 16.8 Å². The van der Waals surface area contributed by atoms with Crippen LogP contribution in [-0.2, 0) is 9.59 Å². The van der Waals surface area contributed by atoms with E-state index in [1.54, 1.807) is 24.3 Å². The molecule has 0 aliphatic carbocycles. The molecule has 0 bridgehead atoms. The third-order valence-corrected chi connectivity index (χ3v) is 3.03. The number of nitrogens with zero attached hydrogens (tertiary/aromatic N) is 1. The Morgan fingerprint density at radius 1 is 1.44 bits per heavy atom. The number of aromatic hydroxyl groups is 1. The number of hydrogen-bond acceptors (Lipinski definition) is 4. The van der Waals surface area contributed by atoms with Gasteiger partial charge in [-0.2, -0.15) is 4.99 Å². The fourth-order valence-corrected chi connectivity index (χ4v) is 2.21. The maximum atomic E-state index is 11.6. The molecule has 18 heavy (non-hydrogen) atoms. The minimum atomic E-state index is -0.424. The Morgan fingerprint density at radius 3 is 2.83 bits per heavy atom. The van der Waals surface area contributed by atoms with E-state index < -0.39 is 5.91 Å². The van der Waals surface area contributed by atoms with E-state index in [4.69, 9.17) is 0 Å². The molecule has 0 saturated carbocycles. The van der Waals surface area contributed by atoms with Gasteiger partial charge < -0.3 is 10.4 Å². The van der Waals surface area contributed by atoms with E-state index in [2.05, 4.69) is 10.3 Å². The summed E-state index contributed by atoms with van der Waals surface area (Å²) in [7, 11) is 0. The summed E-state index contributed by atoms with van der Waals surface area (Å²) in [5.74, 6) is -0.615. The Balaban J connectivity index is 2.20. The molecule has 1 aliphatic rings. The van der Waals surface area contributed by atoms with Crippen LogP contribution in [-0.4, -0.2) is 22.1 Å². The van der Waals surface area contributed by atoms with Crippen molar-refractivity contribution in [1.29, 1.82) is 0 Å². The molecule has 0 atom stereocenters. The molecule has 2 N–H and O–H groups in total. The van der Waals surface area contributed by atoms with Crippen molar-refractivity contribution in [3.8, 4) is 5.75 Å². The van der Waals surface area contributed by atoms with E-state index in [0.717, 1.165) is 11.8 Å². The summed E-state index contributed by atoms with van der Waals surface area (Å²) in [6.45, 7) is 1.35. The van der Waals surface area contributed by atoms with Crippen molar-refractivity contribution in [1.82, 2.24) is 5.32 Å². The molecule has 92 valence electrons. The molecule has 5 nitrogen and oxygen atoms in total. The summed E-state index contributed by atoms with van der Waals surface area (Å²) in [5.41, 5.74) is 0.535. The second-order valence-electron chi connectivity index (χ2n) is 3.57. The van der Waals surface area contributed by atoms with Gasteiger partial charge in [0.1, 0.15) is 5.75 Å². The molecule has 0 saturated heterocycles. The lowest BCUT2D eigenvalue weighted by molar-refractivity contribution is -0.117. The van der Waals surface area contributed by atoms with Crippen molar-refractivity contribution in [2.75, 3.05) is 0 Å². The molecule has 1 aromatic rings. The number of carbonyl (C=O) groups excluding carboxylic acids is 2. The highest BCUT2D eigenvalue weighted by Crippen LogP contribution is 2.29. The average molecular weight is 262 g/mol. The van der Waals surface area contributed by atoms with Gasteiger partial charge in [0.25, 0.3) is 5.91 Å². The first kappa shape index (κ1) is 12.4. The summed E-state index contributed by atoms with van der Waals surface area (Å²) >= 11 is 1.07. The number of amidine groups is 1. The van der Waals surface area contributed by atoms with Crippen LogP contribution in [0.2, 0.25) is 0 Å². The van der Waals surface area contributed by atoms with Gasteiger partial charge in [0.2, 0.25) is 5.91 Å². The Bertz CT molecular complexity index is 578. The van der Waals surface area contributed by atoms with E-state index in [0.29, 0.717) is 10.5 Å². The molecule has 0 spiro atoms. The number of benzene rings is 1. The Hall–Kier alpha value is -2.08. The van der Waals surface area contributed by atoms with Gasteiger partial charge >= 0.3 is 0 Å². The van der Waals surface area contributed by atoms with Gasteiger partial charge in [-0.05, 0) is 23.9 Å². The summed E-state index contributed by atoms with van der Waals surface area (Å²) < 4.78 is 0. The smallest absolute Gasteiger partial charge is 0.286 e. The summed E-state index contributed by atoms with van der Waals surface area (Å²) in [4.78, 5) is 26.5. The number of phenols is 1. The van der Waals surface area contributed by atoms with Crippen molar-refractivity contribution in [2.45, 2.75) is 6.92 Å². The van der Waals surface area contributed by atoms with Gasteiger partial charge in [-0.3, -0.25) is 9.59 Å². The first-order valence-corrected chi connectivity index (χ1v) is 5.96. The van der Waals surface area contributed by atoms with Gasteiger partial charge in [0.15, 0.2) is 5.17 Å². The zero-order valence-corrected chi connectivity index (χ0v) is 10.3. The highest BCUT2D eigenvalue weighted by molar-refractivity contribution is 8.18. The van der Waals surface area contributed by atoms with Crippen molar-refractivity contribution in [2.24, 2.45) is 4.99 Å². The topological polar surface area (TPSA) is 78.8 Å². The molecule has 0 fully saturated rings. The van der Waals surface area contributed by atoms with Crippen LogP contribution >= 0.6 is 11.8 Å². The number of amides is 2. The first-order chi connectivity index (χ1) is 8.56. The number of aliphatic imine (C=N–C) groups is 1. The number of thioether (sulfide) groups is 1. The van der Waals surface area contributed by atoms with Crippen LogP contribution in [0.15, 0.2) is 34.2 Å². The number of rotatable bonds is 1. The van der Waals surface area contributed by atoms with Crippen molar-refractivity contribution in [3.63, 3.8) is 0 Å². The quantitative estimate of drug-likeness (QED) is 0.752. The van der Waals surface area contributed by atoms with E-state index in [9.17, 15) is 14.7 Å². The van der Waals surface area contributed by atoms with Crippen molar-refractivity contribution >= 4 is 34.8 Å². The number of nitrogens with one attached hydrogen (secondary N) is 1. The van der Waals surface area contributed by atoms with Gasteiger partial charge in [-0.1, -0.05) is 18.2 Å². The molecule has 0 aromatic heterocycles. The molecular weight excluding hydrogens is 252 g/mol. The van der Waals surface area contributed by atoms with Crippen LogP contribution < -0.4 is 5.32 Å². The zero-order valence-electron chi connectivity index (χ0n) is 9.51. The largest absolute Gasteiger partial charge is 0.507 e. The molecule has 0 radical (unpaired) electrons. The lowest BCUT2D eigenvalue weighted by atomic mass is 10.2. The molecule has 2 rings (SSSR count). The number of carbonyl (C=O) groups is 2. The Labute approximate surface area is 108 Å². The van der Waals surface area contributed by atoms with Gasteiger partial charge in [-0.25, -0.2) is 0 Å². The van der Waals surface area contributed by atoms with Crippen LogP contribution in [0.25, 0.3) is 6.08 Å². The number of hydrogen-bond donors (Lipinski definition) is 2. The fraction of sp³-hybridized carbons (Fsp3) is 0.0833. The maximum absolute atomic E-state index is 11.6. The third kappa shape index (κ3) is 2.78. The minimum absolute atomic E-state index is 0.0892. The number of phenolic OH excluding ortho intramolecular Hbond substituents is 1. The van der Waals surface area contributed by atoms with Crippen LogP contribution in [0, 0.1) is 0 Å². The van der Waals surface area contributed by atoms with E-state index >= 15 is 0 Å². The van der Waals surface area contributed by atoms with Gasteiger partial charge in [-0.15, -0.1) is 0 Å². The molecule has 1 heterocycles. The zero-order chi connectivity index (χ0) is 13.1. The highest BCUT2D eigenvalue weighted by atomic mass is 32.2. The lowest BCUT2D eigenvalue weighted by Crippen LogP contribution is -2.23. The van der Waals surface area contributed by atoms with Crippen molar-refractivity contribution < 1.29 is 14.7 Å². The average Bonchev–Trinajstić information content (AvgIpc) is 2.61. The minimum Gasteiger partial charge on any atom is -0.507 e. The Morgan fingerprint density at radius 2 is 2.17 bits per heavy atom. The summed E-state index contributed by atoms with van der Waals surface area (Å²) in [6, 6.07) is 6.67. The second-order valence-corrected chi connectivity index (χ2v) is 4.60. The monoisotopic (exact) mass is 262 g/mol. The molecule has 1 aromatic carbocycles. The first-order valence-electron chi connectivity index (χ1n) is 5.14. The third-order valence-electron chi connectivity index (χ3n) is 2.13. The van der Waals surface area contributed by atoms with E-state index in [1.165, 1.54) is 13.0 Å². The van der Waals surface area contributed by atoms with Crippen LogP contribution in [0.4, 0.5) is 0 Å². The van der Waals surface area contributed by atoms with Crippen molar-refractivity contribution in [3.05, 3.63) is 34.7 Å². The normalized spacial score (nSPS) is 16.8. The van der Waals surface area contributed by atoms with E-state index in [1.807, 2.05) is 0 Å². The summed E-state index contributed by atoms with van der Waals surface area (Å²) in [6.07, 6.45) is 1.54.